The van der Waals surface area contributed by atoms with Gasteiger partial charge in [-0.1, -0.05) is 19.9 Å². The third kappa shape index (κ3) is 3.46. The zero-order valence-electron chi connectivity index (χ0n) is 10.6. The highest BCUT2D eigenvalue weighted by Gasteiger charge is 2.18. The molecule has 1 rings (SSSR count). The number of carboxylic acid groups (broad SMARTS) is 1. The number of hydrogen-bond acceptors (Lipinski definition) is 3. The molecule has 1 N–H and O–H groups in total. The van der Waals surface area contributed by atoms with E-state index in [1.165, 1.54) is 0 Å². The number of carbonyl (C=O) groups is 1. The molecule has 4 heteroatoms. The Morgan fingerprint density at radius 1 is 1.24 bits per heavy atom. The van der Waals surface area contributed by atoms with Crippen molar-refractivity contribution in [2.75, 3.05) is 0 Å². The van der Waals surface area contributed by atoms with Crippen LogP contribution in [-0.4, -0.2) is 17.2 Å². The van der Waals surface area contributed by atoms with Crippen molar-refractivity contribution in [2.24, 2.45) is 0 Å². The van der Waals surface area contributed by atoms with Gasteiger partial charge in [-0.2, -0.15) is 4.89 Å². The highest BCUT2D eigenvalue weighted by Crippen LogP contribution is 2.30. The molecule has 0 heterocycles. The lowest BCUT2D eigenvalue weighted by Crippen LogP contribution is -2.11. The van der Waals surface area contributed by atoms with Crippen LogP contribution < -0.4 is 4.89 Å². The number of carboxylic acids is 1. The largest absolute Gasteiger partial charge is 0.478 e. The molecule has 0 aliphatic rings. The van der Waals surface area contributed by atoms with Gasteiger partial charge in [0.25, 0.3) is 0 Å². The predicted molar refractivity (Wildman–Crippen MR) is 64.3 cm³/mol. The van der Waals surface area contributed by atoms with Gasteiger partial charge >= 0.3 is 5.97 Å². The van der Waals surface area contributed by atoms with Gasteiger partial charge in [0.15, 0.2) is 5.75 Å². The van der Waals surface area contributed by atoms with E-state index in [1.54, 1.807) is 18.2 Å². The second kappa shape index (κ2) is 5.68. The molecule has 4 nitrogen and oxygen atoms in total. The van der Waals surface area contributed by atoms with E-state index in [0.29, 0.717) is 11.3 Å². The quantitative estimate of drug-likeness (QED) is 0.632. The monoisotopic (exact) mass is 238 g/mol. The maximum absolute atomic E-state index is 11.1. The van der Waals surface area contributed by atoms with E-state index < -0.39 is 5.97 Å². The maximum Gasteiger partial charge on any atom is 0.336 e. The number of rotatable bonds is 5. The molecule has 0 bridgehead atoms. The van der Waals surface area contributed by atoms with Gasteiger partial charge in [-0.15, -0.1) is 0 Å². The van der Waals surface area contributed by atoms with Crippen LogP contribution in [0.25, 0.3) is 0 Å². The Labute approximate surface area is 101 Å². The van der Waals surface area contributed by atoms with E-state index in [0.717, 1.165) is 0 Å². The highest BCUT2D eigenvalue weighted by molar-refractivity contribution is 5.90. The van der Waals surface area contributed by atoms with Gasteiger partial charge < -0.3 is 9.99 Å². The molecule has 0 saturated heterocycles. The van der Waals surface area contributed by atoms with E-state index in [-0.39, 0.29) is 17.6 Å². The van der Waals surface area contributed by atoms with Crippen molar-refractivity contribution in [3.8, 4) is 5.75 Å². The number of hydrogen-bond donors (Lipinski definition) is 1. The minimum absolute atomic E-state index is 0.0491. The fourth-order valence-electron chi connectivity index (χ4n) is 1.55. The lowest BCUT2D eigenvalue weighted by atomic mass is 9.96. The molecule has 1 aromatic carbocycles. The average Bonchev–Trinajstić information content (AvgIpc) is 2.25. The molecular weight excluding hydrogens is 220 g/mol. The Morgan fingerprint density at radius 2 is 1.88 bits per heavy atom. The first-order valence-electron chi connectivity index (χ1n) is 5.63. The van der Waals surface area contributed by atoms with Gasteiger partial charge in [-0.3, -0.25) is 0 Å². The summed E-state index contributed by atoms with van der Waals surface area (Å²) in [6.45, 7) is 7.53. The molecule has 0 atom stereocenters. The van der Waals surface area contributed by atoms with E-state index >= 15 is 0 Å². The van der Waals surface area contributed by atoms with Gasteiger partial charge in [0.1, 0.15) is 0 Å². The van der Waals surface area contributed by atoms with E-state index in [4.69, 9.17) is 14.9 Å². The van der Waals surface area contributed by atoms with Gasteiger partial charge in [-0.25, -0.2) is 4.79 Å². The average molecular weight is 238 g/mol. The molecule has 0 unspecified atom stereocenters. The molecule has 0 saturated carbocycles. The van der Waals surface area contributed by atoms with Crippen LogP contribution in [0.4, 0.5) is 0 Å². The van der Waals surface area contributed by atoms with Crippen molar-refractivity contribution in [1.29, 1.82) is 0 Å². The Bertz CT molecular complexity index is 396. The number of benzene rings is 1. The Morgan fingerprint density at radius 3 is 2.35 bits per heavy atom. The van der Waals surface area contributed by atoms with Crippen molar-refractivity contribution >= 4 is 5.97 Å². The van der Waals surface area contributed by atoms with Crippen LogP contribution >= 0.6 is 0 Å². The molecule has 0 amide bonds. The molecule has 0 aliphatic carbocycles. The summed E-state index contributed by atoms with van der Waals surface area (Å²) in [6, 6.07) is 4.93. The molecule has 0 spiro atoms. The van der Waals surface area contributed by atoms with Crippen LogP contribution in [0, 0.1) is 0 Å². The minimum atomic E-state index is -0.955. The smallest absolute Gasteiger partial charge is 0.336 e. The normalized spacial score (nSPS) is 10.9. The summed E-state index contributed by atoms with van der Waals surface area (Å²) in [7, 11) is 0. The Balaban J connectivity index is 3.11. The third-order valence-corrected chi connectivity index (χ3v) is 2.20. The lowest BCUT2D eigenvalue weighted by Gasteiger charge is -2.16. The number of aromatic carboxylic acids is 1. The van der Waals surface area contributed by atoms with Crippen LogP contribution in [0.2, 0.25) is 0 Å². The summed E-state index contributed by atoms with van der Waals surface area (Å²) in [5.41, 5.74) is 0.908. The second-order valence-corrected chi connectivity index (χ2v) is 4.41. The van der Waals surface area contributed by atoms with Crippen molar-refractivity contribution in [2.45, 2.75) is 39.7 Å². The van der Waals surface area contributed by atoms with E-state index in [2.05, 4.69) is 0 Å². The Kier molecular flexibility index (Phi) is 4.52. The van der Waals surface area contributed by atoms with E-state index in [9.17, 15) is 4.79 Å². The zero-order chi connectivity index (χ0) is 13.0. The van der Waals surface area contributed by atoms with Gasteiger partial charge in [0.05, 0.1) is 11.7 Å². The van der Waals surface area contributed by atoms with Gasteiger partial charge in [0, 0.05) is 5.56 Å². The standard InChI is InChI=1S/C13H18O4/c1-8(2)12-10(13(14)15)6-5-7-11(12)17-16-9(3)4/h5-9H,1-4H3,(H,14,15). The molecule has 0 fully saturated rings. The maximum atomic E-state index is 11.1. The molecule has 0 aliphatic heterocycles. The Hall–Kier alpha value is -1.55. The van der Waals surface area contributed by atoms with Crippen LogP contribution in [0.3, 0.4) is 0 Å². The third-order valence-electron chi connectivity index (χ3n) is 2.20. The summed E-state index contributed by atoms with van der Waals surface area (Å²) >= 11 is 0. The van der Waals surface area contributed by atoms with Crippen LogP contribution in [-0.2, 0) is 4.89 Å². The summed E-state index contributed by atoms with van der Waals surface area (Å²) < 4.78 is 0. The van der Waals surface area contributed by atoms with Crippen LogP contribution in [0.5, 0.6) is 5.75 Å². The summed E-state index contributed by atoms with van der Waals surface area (Å²) in [6.07, 6.45) is -0.0801. The predicted octanol–water partition coefficient (Wildman–Crippen LogP) is 3.23. The SMILES string of the molecule is CC(C)OOc1cccc(C(=O)O)c1C(C)C. The molecule has 1 aromatic rings. The minimum Gasteiger partial charge on any atom is -0.478 e. The molecular formula is C13H18O4. The van der Waals surface area contributed by atoms with Crippen molar-refractivity contribution in [3.05, 3.63) is 29.3 Å². The van der Waals surface area contributed by atoms with Crippen molar-refractivity contribution in [3.63, 3.8) is 0 Å². The first-order chi connectivity index (χ1) is 7.93. The van der Waals surface area contributed by atoms with Crippen molar-refractivity contribution < 1.29 is 19.7 Å². The fraction of sp³-hybridized carbons (Fsp3) is 0.462. The molecule has 17 heavy (non-hydrogen) atoms. The summed E-state index contributed by atoms with van der Waals surface area (Å²) in [4.78, 5) is 21.4. The first kappa shape index (κ1) is 13.5. The zero-order valence-corrected chi connectivity index (χ0v) is 10.6. The first-order valence-corrected chi connectivity index (χ1v) is 5.63. The molecule has 0 radical (unpaired) electrons. The van der Waals surface area contributed by atoms with Crippen molar-refractivity contribution in [1.82, 2.24) is 0 Å². The summed E-state index contributed by atoms with van der Waals surface area (Å²) in [5.74, 6) is -0.439. The van der Waals surface area contributed by atoms with Gasteiger partial charge in [-0.05, 0) is 31.9 Å². The van der Waals surface area contributed by atoms with Crippen LogP contribution in [0.1, 0.15) is 49.5 Å². The summed E-state index contributed by atoms with van der Waals surface area (Å²) in [5, 5.41) is 9.12. The highest BCUT2D eigenvalue weighted by atomic mass is 17.2. The van der Waals surface area contributed by atoms with E-state index in [1.807, 2.05) is 27.7 Å². The van der Waals surface area contributed by atoms with Gasteiger partial charge in [0.2, 0.25) is 0 Å². The topological polar surface area (TPSA) is 55.8 Å². The molecule has 94 valence electrons. The molecule has 0 aromatic heterocycles. The fourth-order valence-corrected chi connectivity index (χ4v) is 1.55. The van der Waals surface area contributed by atoms with Crippen LogP contribution in [0.15, 0.2) is 18.2 Å². The second-order valence-electron chi connectivity index (χ2n) is 4.41. The lowest BCUT2D eigenvalue weighted by molar-refractivity contribution is -0.235.